The fourth-order valence-electron chi connectivity index (χ4n) is 4.34. The van der Waals surface area contributed by atoms with E-state index in [0.29, 0.717) is 12.8 Å². The molecule has 1 aliphatic heterocycles. The van der Waals surface area contributed by atoms with E-state index in [2.05, 4.69) is 35.5 Å². The van der Waals surface area contributed by atoms with E-state index < -0.39 is 17.4 Å². The molecule has 34 heavy (non-hydrogen) atoms. The summed E-state index contributed by atoms with van der Waals surface area (Å²) < 4.78 is 0. The van der Waals surface area contributed by atoms with Crippen LogP contribution in [0.4, 0.5) is 0 Å². The van der Waals surface area contributed by atoms with Crippen molar-refractivity contribution in [3.8, 4) is 0 Å². The number of aromatic nitrogens is 1. The lowest BCUT2D eigenvalue weighted by Gasteiger charge is -2.31. The molecular weight excluding hydrogens is 444 g/mol. The minimum Gasteiger partial charge on any atom is -0.392 e. The van der Waals surface area contributed by atoms with Crippen LogP contribution in [-0.2, 0) is 9.59 Å². The molecule has 0 saturated carbocycles. The number of carbonyl (C=O) groups excluding carboxylic acids is 2. The summed E-state index contributed by atoms with van der Waals surface area (Å²) in [5, 5.41) is 17.0. The third-order valence-electron chi connectivity index (χ3n) is 6.87. The molecule has 2 N–H and O–H groups in total. The lowest BCUT2D eigenvalue weighted by atomic mass is 9.74. The van der Waals surface area contributed by atoms with Crippen molar-refractivity contribution in [3.05, 3.63) is 45.5 Å². The average molecular weight is 487 g/mol. The number of carbonyl (C=O) groups is 2. The van der Waals surface area contributed by atoms with Gasteiger partial charge < -0.3 is 10.4 Å². The molecule has 5 nitrogen and oxygen atoms in total. The summed E-state index contributed by atoms with van der Waals surface area (Å²) >= 11 is 1.61. The normalized spacial score (nSPS) is 30.7. The molecule has 1 aliphatic rings. The van der Waals surface area contributed by atoms with Crippen molar-refractivity contribution < 1.29 is 14.7 Å². The minimum absolute atomic E-state index is 0.0111. The molecule has 4 unspecified atom stereocenters. The van der Waals surface area contributed by atoms with Gasteiger partial charge in [-0.05, 0) is 64.0 Å². The van der Waals surface area contributed by atoms with Gasteiger partial charge in [0, 0.05) is 23.1 Å². The van der Waals surface area contributed by atoms with Crippen LogP contribution in [-0.4, -0.2) is 33.9 Å². The number of amides is 1. The predicted molar refractivity (Wildman–Crippen MR) is 142 cm³/mol. The summed E-state index contributed by atoms with van der Waals surface area (Å²) in [5.74, 6) is -0.541. The zero-order chi connectivity index (χ0) is 25.5. The number of aliphatic hydroxyl groups is 1. The number of aliphatic hydroxyl groups excluding tert-OH is 1. The van der Waals surface area contributed by atoms with Gasteiger partial charge in [0.1, 0.15) is 5.78 Å². The van der Waals surface area contributed by atoms with Crippen LogP contribution in [0.5, 0.6) is 0 Å². The van der Waals surface area contributed by atoms with Gasteiger partial charge in [-0.2, -0.15) is 0 Å². The quantitative estimate of drug-likeness (QED) is 0.500. The third-order valence-corrected chi connectivity index (χ3v) is 7.66. The second kappa shape index (κ2) is 12.6. The van der Waals surface area contributed by atoms with E-state index in [9.17, 15) is 14.7 Å². The number of nitrogens with zero attached hydrogens (tertiary/aromatic N) is 1. The van der Waals surface area contributed by atoms with Gasteiger partial charge in [-0.1, -0.05) is 51.5 Å². The van der Waals surface area contributed by atoms with Crippen molar-refractivity contribution >= 4 is 29.1 Å². The van der Waals surface area contributed by atoms with E-state index in [1.165, 1.54) is 5.57 Å². The number of allylic oxidation sites excluding steroid dienone is 3. The highest BCUT2D eigenvalue weighted by Gasteiger charge is 2.36. The number of nitrogens with one attached hydrogen (secondary N) is 1. The van der Waals surface area contributed by atoms with E-state index in [0.717, 1.165) is 29.1 Å². The first-order chi connectivity index (χ1) is 15.9. The van der Waals surface area contributed by atoms with Crippen LogP contribution in [0.3, 0.4) is 0 Å². The SMILES string of the molecule is C/C1=C/CC(/C(C)=C/c2csc(C)n2)NC(=O)CCC(C)(C)C(=O)C(C)C(O)C(C)C/C=C\C1. The summed E-state index contributed by atoms with van der Waals surface area (Å²) in [5.41, 5.74) is 2.51. The first-order valence-electron chi connectivity index (χ1n) is 12.3. The summed E-state index contributed by atoms with van der Waals surface area (Å²) in [6.07, 6.45) is 10.7. The monoisotopic (exact) mass is 486 g/mol. The van der Waals surface area contributed by atoms with Crippen molar-refractivity contribution in [2.24, 2.45) is 17.3 Å². The number of Topliss-reactive ketones (excluding diaryl/α,β-unsaturated/α-hetero) is 1. The standard InChI is InChI=1S/C28H42N2O3S/c1-18-10-8-9-11-19(2)26(32)21(4)27(33)28(6,7)15-14-25(31)30-24(13-12-18)20(3)16-23-17-34-22(5)29-23/h8-9,12,16-17,19,21,24,26,32H,10-11,13-15H2,1-7H3,(H,30,31)/b9-8-,18-12-,20-16+. The molecule has 1 amide bonds. The predicted octanol–water partition coefficient (Wildman–Crippen LogP) is 6.03. The van der Waals surface area contributed by atoms with Gasteiger partial charge >= 0.3 is 0 Å². The number of hydrogen-bond acceptors (Lipinski definition) is 5. The Bertz CT molecular complexity index is 941. The lowest BCUT2D eigenvalue weighted by Crippen LogP contribution is -2.40. The molecule has 0 saturated heterocycles. The maximum absolute atomic E-state index is 13.2. The molecule has 2 heterocycles. The third kappa shape index (κ3) is 8.31. The second-order valence-electron chi connectivity index (χ2n) is 10.5. The highest BCUT2D eigenvalue weighted by Crippen LogP contribution is 2.31. The molecule has 2 rings (SSSR count). The largest absolute Gasteiger partial charge is 0.392 e. The Hall–Kier alpha value is -2.05. The average Bonchev–Trinajstić information content (AvgIpc) is 3.19. The first kappa shape index (κ1) is 28.2. The van der Waals surface area contributed by atoms with Crippen LogP contribution >= 0.6 is 11.3 Å². The Balaban J connectivity index is 2.29. The molecule has 188 valence electrons. The van der Waals surface area contributed by atoms with Gasteiger partial charge in [-0.15, -0.1) is 11.3 Å². The molecule has 0 bridgehead atoms. The zero-order valence-corrected chi connectivity index (χ0v) is 22.7. The Labute approximate surface area is 209 Å². The number of thiazole rings is 1. The second-order valence-corrected chi connectivity index (χ2v) is 11.6. The summed E-state index contributed by atoms with van der Waals surface area (Å²) in [4.78, 5) is 30.6. The van der Waals surface area contributed by atoms with E-state index in [-0.39, 0.29) is 30.1 Å². The Kier molecular flexibility index (Phi) is 10.4. The highest BCUT2D eigenvalue weighted by atomic mass is 32.1. The number of aryl methyl sites for hydroxylation is 1. The summed E-state index contributed by atoms with van der Waals surface area (Å²) in [6, 6.07) is -0.135. The van der Waals surface area contributed by atoms with Crippen molar-refractivity contribution in [1.82, 2.24) is 10.3 Å². The minimum atomic E-state index is -0.705. The van der Waals surface area contributed by atoms with Gasteiger partial charge in [-0.25, -0.2) is 4.98 Å². The number of hydrogen-bond donors (Lipinski definition) is 2. The van der Waals surface area contributed by atoms with Crippen LogP contribution in [0.25, 0.3) is 6.08 Å². The van der Waals surface area contributed by atoms with Gasteiger partial charge in [0.15, 0.2) is 0 Å². The van der Waals surface area contributed by atoms with Gasteiger partial charge in [-0.3, -0.25) is 9.59 Å². The van der Waals surface area contributed by atoms with Crippen LogP contribution in [0.2, 0.25) is 0 Å². The smallest absolute Gasteiger partial charge is 0.220 e. The molecular formula is C28H42N2O3S. The number of rotatable bonds is 2. The molecule has 4 atom stereocenters. The molecule has 0 radical (unpaired) electrons. The fourth-order valence-corrected chi connectivity index (χ4v) is 4.91. The fraction of sp³-hybridized carbons (Fsp3) is 0.607. The van der Waals surface area contributed by atoms with Crippen molar-refractivity contribution in [2.75, 3.05) is 0 Å². The lowest BCUT2D eigenvalue weighted by molar-refractivity contribution is -0.136. The Morgan fingerprint density at radius 3 is 2.56 bits per heavy atom. The van der Waals surface area contributed by atoms with Crippen LogP contribution in [0, 0.1) is 24.2 Å². The van der Waals surface area contributed by atoms with Gasteiger partial charge in [0.05, 0.1) is 22.8 Å². The maximum atomic E-state index is 13.2. The van der Waals surface area contributed by atoms with Crippen LogP contribution < -0.4 is 5.32 Å². The van der Waals surface area contributed by atoms with Crippen molar-refractivity contribution in [3.63, 3.8) is 0 Å². The molecule has 0 aromatic carbocycles. The van der Waals surface area contributed by atoms with Gasteiger partial charge in [0.25, 0.3) is 0 Å². The van der Waals surface area contributed by atoms with Crippen molar-refractivity contribution in [2.45, 2.75) is 92.7 Å². The van der Waals surface area contributed by atoms with E-state index in [4.69, 9.17) is 0 Å². The Morgan fingerprint density at radius 1 is 1.21 bits per heavy atom. The molecule has 0 aliphatic carbocycles. The van der Waals surface area contributed by atoms with Crippen LogP contribution in [0.1, 0.15) is 84.3 Å². The summed E-state index contributed by atoms with van der Waals surface area (Å²) in [7, 11) is 0. The number of ketones is 1. The zero-order valence-electron chi connectivity index (χ0n) is 21.9. The van der Waals surface area contributed by atoms with E-state index >= 15 is 0 Å². The Morgan fingerprint density at radius 2 is 1.91 bits per heavy atom. The van der Waals surface area contributed by atoms with Crippen LogP contribution in [0.15, 0.2) is 34.8 Å². The molecule has 1 aromatic heterocycles. The van der Waals surface area contributed by atoms with Crippen molar-refractivity contribution in [1.29, 1.82) is 0 Å². The maximum Gasteiger partial charge on any atom is 0.220 e. The molecule has 0 fully saturated rings. The summed E-state index contributed by atoms with van der Waals surface area (Å²) in [6.45, 7) is 13.7. The molecule has 1 aromatic rings. The van der Waals surface area contributed by atoms with Gasteiger partial charge in [0.2, 0.25) is 5.91 Å². The topological polar surface area (TPSA) is 79.3 Å². The first-order valence-corrected chi connectivity index (χ1v) is 13.2. The molecule has 0 spiro atoms. The van der Waals surface area contributed by atoms with E-state index in [1.807, 2.05) is 46.1 Å². The molecule has 6 heteroatoms. The highest BCUT2D eigenvalue weighted by molar-refractivity contribution is 7.09. The van der Waals surface area contributed by atoms with E-state index in [1.54, 1.807) is 18.3 Å².